The van der Waals surface area contributed by atoms with Gasteiger partial charge in [-0.25, -0.2) is 0 Å². The molecule has 1 atom stereocenters. The summed E-state index contributed by atoms with van der Waals surface area (Å²) in [6.45, 7) is 4.85. The van der Waals surface area contributed by atoms with E-state index in [4.69, 9.17) is 14.6 Å². The summed E-state index contributed by atoms with van der Waals surface area (Å²) in [6.07, 6.45) is 1.50. The maximum Gasteiger partial charge on any atom is 0.122 e. The summed E-state index contributed by atoms with van der Waals surface area (Å²) in [6, 6.07) is 5.89. The first kappa shape index (κ1) is 15.6. The number of benzene rings is 1. The molecule has 0 aliphatic heterocycles. The predicted octanol–water partition coefficient (Wildman–Crippen LogP) is 2.53. The Balaban J connectivity index is 2.64. The van der Waals surface area contributed by atoms with Crippen molar-refractivity contribution in [3.63, 3.8) is 0 Å². The van der Waals surface area contributed by atoms with Crippen LogP contribution in [0.5, 0.6) is 5.75 Å². The summed E-state index contributed by atoms with van der Waals surface area (Å²) in [5.41, 5.74) is 2.02. The zero-order chi connectivity index (χ0) is 14.1. The lowest BCUT2D eigenvalue weighted by atomic mass is 10.1. The van der Waals surface area contributed by atoms with Gasteiger partial charge in [-0.15, -0.1) is 0 Å². The van der Waals surface area contributed by atoms with Crippen LogP contribution >= 0.6 is 0 Å². The molecule has 3 heteroatoms. The number of hydrogen-bond donors (Lipinski definition) is 1. The predicted molar refractivity (Wildman–Crippen MR) is 76.3 cm³/mol. The molecule has 0 bridgehead atoms. The fraction of sp³-hybridized carbons (Fsp3) is 0.500. The van der Waals surface area contributed by atoms with Gasteiger partial charge in [-0.1, -0.05) is 11.8 Å². The molecule has 0 aliphatic rings. The molecule has 0 amide bonds. The molecule has 0 heterocycles. The minimum absolute atomic E-state index is 0.101. The van der Waals surface area contributed by atoms with E-state index < -0.39 is 0 Å². The second kappa shape index (κ2) is 8.58. The highest BCUT2D eigenvalue weighted by molar-refractivity contribution is 5.43. The van der Waals surface area contributed by atoms with Crippen LogP contribution < -0.4 is 4.74 Å². The number of rotatable bonds is 6. The van der Waals surface area contributed by atoms with Crippen LogP contribution in [-0.2, 0) is 4.74 Å². The summed E-state index contributed by atoms with van der Waals surface area (Å²) in [5.74, 6) is 6.81. The second-order valence-corrected chi connectivity index (χ2v) is 4.47. The molecule has 1 N–H and O–H groups in total. The van der Waals surface area contributed by atoms with Gasteiger partial charge in [0.25, 0.3) is 0 Å². The van der Waals surface area contributed by atoms with Gasteiger partial charge in [0, 0.05) is 32.1 Å². The van der Waals surface area contributed by atoms with Crippen LogP contribution in [-0.4, -0.2) is 31.5 Å². The van der Waals surface area contributed by atoms with Crippen LogP contribution in [0.25, 0.3) is 0 Å². The molecule has 0 spiro atoms. The molecule has 104 valence electrons. The van der Waals surface area contributed by atoms with Crippen LogP contribution in [0.4, 0.5) is 0 Å². The average molecular weight is 262 g/mol. The smallest absolute Gasteiger partial charge is 0.122 e. The maximum absolute atomic E-state index is 8.68. The summed E-state index contributed by atoms with van der Waals surface area (Å²) in [7, 11) is 1.69. The lowest BCUT2D eigenvalue weighted by Gasteiger charge is -2.16. The lowest BCUT2D eigenvalue weighted by Crippen LogP contribution is -2.14. The normalized spacial score (nSPS) is 11.6. The zero-order valence-corrected chi connectivity index (χ0v) is 11.9. The topological polar surface area (TPSA) is 38.7 Å². The van der Waals surface area contributed by atoms with E-state index in [1.165, 1.54) is 0 Å². The lowest BCUT2D eigenvalue weighted by molar-refractivity contribution is 0.135. The molecule has 19 heavy (non-hydrogen) atoms. The van der Waals surface area contributed by atoms with Gasteiger partial charge in [0.05, 0.1) is 12.7 Å². The van der Waals surface area contributed by atoms with E-state index in [0.717, 1.165) is 23.3 Å². The maximum atomic E-state index is 8.68. The fourth-order valence-corrected chi connectivity index (χ4v) is 1.64. The third-order valence-electron chi connectivity index (χ3n) is 2.70. The zero-order valence-electron chi connectivity index (χ0n) is 11.9. The standard InChI is InChI=1S/C16H22O3/c1-13-12-15(6-4-5-10-17)7-8-16(13)19-14(2)9-11-18-3/h7-8,12,14,17H,5,9-11H2,1-3H3. The van der Waals surface area contributed by atoms with Crippen molar-refractivity contribution >= 4 is 0 Å². The number of aliphatic hydroxyl groups excluding tert-OH is 1. The third-order valence-corrected chi connectivity index (χ3v) is 2.70. The fourth-order valence-electron chi connectivity index (χ4n) is 1.64. The highest BCUT2D eigenvalue weighted by Crippen LogP contribution is 2.20. The third kappa shape index (κ3) is 5.78. The number of aryl methyl sites for hydroxylation is 1. The largest absolute Gasteiger partial charge is 0.490 e. The SMILES string of the molecule is COCCC(C)Oc1ccc(C#CCCO)cc1C. The van der Waals surface area contributed by atoms with Crippen molar-refractivity contribution in [1.82, 2.24) is 0 Å². The molecule has 1 aromatic rings. The first-order chi connectivity index (χ1) is 9.17. The van der Waals surface area contributed by atoms with Gasteiger partial charge in [0.1, 0.15) is 5.75 Å². The van der Waals surface area contributed by atoms with Gasteiger partial charge >= 0.3 is 0 Å². The molecule has 0 radical (unpaired) electrons. The van der Waals surface area contributed by atoms with Gasteiger partial charge in [0.15, 0.2) is 0 Å². The van der Waals surface area contributed by atoms with Crippen LogP contribution in [0.1, 0.15) is 30.9 Å². The van der Waals surface area contributed by atoms with Crippen LogP contribution in [0, 0.1) is 18.8 Å². The Kier molecular flexibility index (Phi) is 7.02. The first-order valence-electron chi connectivity index (χ1n) is 6.53. The number of hydrogen-bond acceptors (Lipinski definition) is 3. The minimum Gasteiger partial charge on any atom is -0.490 e. The van der Waals surface area contributed by atoms with Crippen LogP contribution in [0.2, 0.25) is 0 Å². The van der Waals surface area contributed by atoms with E-state index in [1.54, 1.807) is 7.11 Å². The molecule has 1 unspecified atom stereocenters. The highest BCUT2D eigenvalue weighted by Gasteiger charge is 2.06. The number of methoxy groups -OCH3 is 1. The Labute approximate surface area is 115 Å². The van der Waals surface area contributed by atoms with E-state index in [1.807, 2.05) is 32.0 Å². The molecule has 0 saturated carbocycles. The van der Waals surface area contributed by atoms with E-state index in [2.05, 4.69) is 11.8 Å². The summed E-state index contributed by atoms with van der Waals surface area (Å²) >= 11 is 0. The minimum atomic E-state index is 0.101. The van der Waals surface area contributed by atoms with E-state index in [9.17, 15) is 0 Å². The van der Waals surface area contributed by atoms with Crippen molar-refractivity contribution in [1.29, 1.82) is 0 Å². The molecular formula is C16H22O3. The monoisotopic (exact) mass is 262 g/mol. The Bertz CT molecular complexity index is 443. The summed E-state index contributed by atoms with van der Waals surface area (Å²) in [4.78, 5) is 0. The Morgan fingerprint density at radius 1 is 1.37 bits per heavy atom. The van der Waals surface area contributed by atoms with E-state index in [0.29, 0.717) is 13.0 Å². The summed E-state index contributed by atoms with van der Waals surface area (Å²) < 4.78 is 10.9. The second-order valence-electron chi connectivity index (χ2n) is 4.47. The molecule has 0 aromatic heterocycles. The molecule has 1 aromatic carbocycles. The Hall–Kier alpha value is -1.50. The average Bonchev–Trinajstić information content (AvgIpc) is 2.40. The van der Waals surface area contributed by atoms with Gasteiger partial charge in [-0.05, 0) is 37.6 Å². The molecule has 0 saturated heterocycles. The van der Waals surface area contributed by atoms with Crippen LogP contribution in [0.3, 0.4) is 0 Å². The molecule has 0 fully saturated rings. The van der Waals surface area contributed by atoms with Crippen molar-refractivity contribution < 1.29 is 14.6 Å². The number of aliphatic hydroxyl groups is 1. The van der Waals surface area contributed by atoms with Gasteiger partial charge < -0.3 is 14.6 Å². The quantitative estimate of drug-likeness (QED) is 0.801. The summed E-state index contributed by atoms with van der Waals surface area (Å²) in [5, 5.41) is 8.68. The molecule has 0 aliphatic carbocycles. The Morgan fingerprint density at radius 2 is 2.16 bits per heavy atom. The van der Waals surface area contributed by atoms with Crippen molar-refractivity contribution in [3.05, 3.63) is 29.3 Å². The highest BCUT2D eigenvalue weighted by atomic mass is 16.5. The molecule has 3 nitrogen and oxygen atoms in total. The van der Waals surface area contributed by atoms with Crippen LogP contribution in [0.15, 0.2) is 18.2 Å². The van der Waals surface area contributed by atoms with Crippen molar-refractivity contribution in [2.75, 3.05) is 20.3 Å². The van der Waals surface area contributed by atoms with Crippen molar-refractivity contribution in [2.24, 2.45) is 0 Å². The molecular weight excluding hydrogens is 240 g/mol. The van der Waals surface area contributed by atoms with Crippen molar-refractivity contribution in [3.8, 4) is 17.6 Å². The molecule has 1 rings (SSSR count). The van der Waals surface area contributed by atoms with E-state index >= 15 is 0 Å². The Morgan fingerprint density at radius 3 is 2.79 bits per heavy atom. The first-order valence-corrected chi connectivity index (χ1v) is 6.53. The van der Waals surface area contributed by atoms with Gasteiger partial charge in [-0.3, -0.25) is 0 Å². The van der Waals surface area contributed by atoms with Gasteiger partial charge in [0.2, 0.25) is 0 Å². The van der Waals surface area contributed by atoms with E-state index in [-0.39, 0.29) is 12.7 Å². The van der Waals surface area contributed by atoms with Crippen molar-refractivity contribution in [2.45, 2.75) is 32.8 Å². The number of ether oxygens (including phenoxy) is 2. The van der Waals surface area contributed by atoms with Gasteiger partial charge in [-0.2, -0.15) is 0 Å².